The van der Waals surface area contributed by atoms with Crippen LogP contribution in [0.2, 0.25) is 0 Å². The molecule has 0 bridgehead atoms. The molecule has 2 fully saturated rings. The van der Waals surface area contributed by atoms with Gasteiger partial charge < -0.3 is 19.9 Å². The second-order valence-corrected chi connectivity index (χ2v) is 8.48. The number of methoxy groups -OCH3 is 1. The Hall–Kier alpha value is -2.08. The molecule has 1 N–H and O–H groups in total. The first kappa shape index (κ1) is 20.6. The van der Waals surface area contributed by atoms with Gasteiger partial charge in [-0.3, -0.25) is 9.59 Å². The summed E-state index contributed by atoms with van der Waals surface area (Å²) < 4.78 is 5.42. The average molecular weight is 388 g/mol. The number of rotatable bonds is 6. The van der Waals surface area contributed by atoms with Gasteiger partial charge in [-0.25, -0.2) is 0 Å². The molecule has 0 radical (unpaired) electrons. The molecule has 1 unspecified atom stereocenters. The fourth-order valence-electron chi connectivity index (χ4n) is 4.51. The van der Waals surface area contributed by atoms with E-state index >= 15 is 0 Å². The maximum atomic E-state index is 12.9. The summed E-state index contributed by atoms with van der Waals surface area (Å²) in [6.07, 6.45) is 6.15. The molecular formula is C22H33N3O3. The predicted octanol–water partition coefficient (Wildman–Crippen LogP) is 2.74. The van der Waals surface area contributed by atoms with Crippen molar-refractivity contribution in [2.24, 2.45) is 5.92 Å². The number of carbonyl (C=O) groups excluding carboxylic acids is 2. The van der Waals surface area contributed by atoms with Gasteiger partial charge in [0, 0.05) is 25.0 Å². The Labute approximate surface area is 168 Å². The standard InChI is InChI=1S/C22H33N3O3/c1-16-8-9-19(28-4)18(12-16)25-14-17(13-20(25)26)21(27)23-15-22(24(2)3)10-6-5-7-11-22/h8-9,12,17H,5-7,10-11,13-15H2,1-4H3,(H,23,27). The molecule has 6 nitrogen and oxygen atoms in total. The first-order valence-electron chi connectivity index (χ1n) is 10.3. The third-order valence-corrected chi connectivity index (χ3v) is 6.45. The van der Waals surface area contributed by atoms with Crippen molar-refractivity contribution in [3.63, 3.8) is 0 Å². The minimum Gasteiger partial charge on any atom is -0.495 e. The normalized spacial score (nSPS) is 21.8. The zero-order valence-corrected chi connectivity index (χ0v) is 17.6. The molecule has 0 spiro atoms. The van der Waals surface area contributed by atoms with Gasteiger partial charge >= 0.3 is 0 Å². The van der Waals surface area contributed by atoms with E-state index in [4.69, 9.17) is 4.74 Å². The summed E-state index contributed by atoms with van der Waals surface area (Å²) in [5, 5.41) is 3.16. The van der Waals surface area contributed by atoms with Crippen LogP contribution in [-0.2, 0) is 9.59 Å². The molecule has 28 heavy (non-hydrogen) atoms. The van der Waals surface area contributed by atoms with E-state index in [1.807, 2.05) is 25.1 Å². The molecule has 1 aliphatic carbocycles. The van der Waals surface area contributed by atoms with Crippen molar-refractivity contribution < 1.29 is 14.3 Å². The molecule has 2 amide bonds. The SMILES string of the molecule is COc1ccc(C)cc1N1CC(C(=O)NCC2(N(C)C)CCCCC2)CC1=O. The number of nitrogens with one attached hydrogen (secondary N) is 1. The molecule has 1 saturated heterocycles. The number of hydrogen-bond acceptors (Lipinski definition) is 4. The largest absolute Gasteiger partial charge is 0.495 e. The van der Waals surface area contributed by atoms with E-state index < -0.39 is 0 Å². The van der Waals surface area contributed by atoms with E-state index in [0.29, 0.717) is 18.8 Å². The lowest BCUT2D eigenvalue weighted by Gasteiger charge is -2.43. The van der Waals surface area contributed by atoms with Crippen LogP contribution < -0.4 is 15.0 Å². The van der Waals surface area contributed by atoms with E-state index in [2.05, 4.69) is 24.3 Å². The third-order valence-electron chi connectivity index (χ3n) is 6.45. The van der Waals surface area contributed by atoms with E-state index in [1.165, 1.54) is 19.3 Å². The first-order chi connectivity index (χ1) is 13.4. The zero-order chi connectivity index (χ0) is 20.3. The number of anilines is 1. The Morgan fingerprint density at radius 2 is 2.00 bits per heavy atom. The van der Waals surface area contributed by atoms with E-state index in [-0.39, 0.29) is 29.7 Å². The number of likely N-dealkylation sites (N-methyl/N-ethyl adjacent to an activating group) is 1. The first-order valence-corrected chi connectivity index (χ1v) is 10.3. The summed E-state index contributed by atoms with van der Waals surface area (Å²) in [4.78, 5) is 29.4. The van der Waals surface area contributed by atoms with Crippen molar-refractivity contribution in [3.05, 3.63) is 23.8 Å². The van der Waals surface area contributed by atoms with Crippen molar-refractivity contribution >= 4 is 17.5 Å². The van der Waals surface area contributed by atoms with Crippen molar-refractivity contribution in [2.45, 2.75) is 51.0 Å². The molecular weight excluding hydrogens is 354 g/mol. The molecule has 1 saturated carbocycles. The Kier molecular flexibility index (Phi) is 6.28. The number of carbonyl (C=O) groups is 2. The predicted molar refractivity (Wildman–Crippen MR) is 111 cm³/mol. The van der Waals surface area contributed by atoms with Crippen LogP contribution in [0.25, 0.3) is 0 Å². The lowest BCUT2D eigenvalue weighted by atomic mass is 9.80. The Morgan fingerprint density at radius 1 is 1.29 bits per heavy atom. The van der Waals surface area contributed by atoms with Crippen molar-refractivity contribution in [3.8, 4) is 5.75 Å². The number of aryl methyl sites for hydroxylation is 1. The summed E-state index contributed by atoms with van der Waals surface area (Å²) in [6.45, 7) is 3.04. The van der Waals surface area contributed by atoms with Gasteiger partial charge in [0.2, 0.25) is 11.8 Å². The highest BCUT2D eigenvalue weighted by atomic mass is 16.5. The van der Waals surface area contributed by atoms with E-state index in [1.54, 1.807) is 12.0 Å². The smallest absolute Gasteiger partial charge is 0.227 e. The summed E-state index contributed by atoms with van der Waals surface area (Å²) in [5.74, 6) is 0.299. The van der Waals surface area contributed by atoms with Crippen LogP contribution in [0.4, 0.5) is 5.69 Å². The summed E-state index contributed by atoms with van der Waals surface area (Å²) in [6, 6.07) is 5.77. The van der Waals surface area contributed by atoms with Crippen LogP contribution in [-0.4, -0.2) is 56.5 Å². The highest BCUT2D eigenvalue weighted by Crippen LogP contribution is 2.35. The number of benzene rings is 1. The molecule has 1 heterocycles. The van der Waals surface area contributed by atoms with Gasteiger partial charge in [-0.15, -0.1) is 0 Å². The monoisotopic (exact) mass is 387 g/mol. The minimum absolute atomic E-state index is 0.0192. The van der Waals surface area contributed by atoms with Crippen LogP contribution in [0.1, 0.15) is 44.1 Å². The zero-order valence-electron chi connectivity index (χ0n) is 17.6. The van der Waals surface area contributed by atoms with Gasteiger partial charge in [0.05, 0.1) is 18.7 Å². The lowest BCUT2D eigenvalue weighted by Crippen LogP contribution is -2.54. The average Bonchev–Trinajstić information content (AvgIpc) is 3.08. The highest BCUT2D eigenvalue weighted by molar-refractivity contribution is 6.01. The van der Waals surface area contributed by atoms with Gasteiger partial charge in [0.15, 0.2) is 0 Å². The molecule has 1 aromatic carbocycles. The van der Waals surface area contributed by atoms with Crippen molar-refractivity contribution in [2.75, 3.05) is 39.2 Å². The fraction of sp³-hybridized carbons (Fsp3) is 0.636. The quantitative estimate of drug-likeness (QED) is 0.815. The van der Waals surface area contributed by atoms with Gasteiger partial charge in [-0.2, -0.15) is 0 Å². The van der Waals surface area contributed by atoms with Crippen LogP contribution in [0.15, 0.2) is 18.2 Å². The lowest BCUT2D eigenvalue weighted by molar-refractivity contribution is -0.127. The molecule has 1 atom stereocenters. The van der Waals surface area contributed by atoms with Crippen LogP contribution >= 0.6 is 0 Å². The highest BCUT2D eigenvalue weighted by Gasteiger charge is 2.39. The van der Waals surface area contributed by atoms with E-state index in [0.717, 1.165) is 24.1 Å². The number of amides is 2. The number of nitrogens with zero attached hydrogens (tertiary/aromatic N) is 2. The van der Waals surface area contributed by atoms with Crippen LogP contribution in [0.5, 0.6) is 5.75 Å². The molecule has 2 aliphatic rings. The third kappa shape index (κ3) is 4.17. The maximum absolute atomic E-state index is 12.9. The molecule has 1 aliphatic heterocycles. The molecule has 0 aromatic heterocycles. The van der Waals surface area contributed by atoms with Gasteiger partial charge in [-0.05, 0) is 51.6 Å². The number of ether oxygens (including phenoxy) is 1. The Morgan fingerprint density at radius 3 is 2.64 bits per heavy atom. The Bertz CT molecular complexity index is 726. The van der Waals surface area contributed by atoms with Crippen LogP contribution in [0, 0.1) is 12.8 Å². The fourth-order valence-corrected chi connectivity index (χ4v) is 4.51. The van der Waals surface area contributed by atoms with Gasteiger partial charge in [-0.1, -0.05) is 25.3 Å². The number of hydrogen-bond donors (Lipinski definition) is 1. The molecule has 154 valence electrons. The summed E-state index contributed by atoms with van der Waals surface area (Å²) in [5.41, 5.74) is 1.84. The molecule has 6 heteroatoms. The van der Waals surface area contributed by atoms with Gasteiger partial charge in [0.1, 0.15) is 5.75 Å². The van der Waals surface area contributed by atoms with Crippen molar-refractivity contribution in [1.29, 1.82) is 0 Å². The summed E-state index contributed by atoms with van der Waals surface area (Å²) in [7, 11) is 5.80. The minimum atomic E-state index is -0.319. The second kappa shape index (κ2) is 8.52. The molecule has 1 aromatic rings. The summed E-state index contributed by atoms with van der Waals surface area (Å²) >= 11 is 0. The topological polar surface area (TPSA) is 61.9 Å². The molecule has 3 rings (SSSR count). The van der Waals surface area contributed by atoms with Crippen LogP contribution in [0.3, 0.4) is 0 Å². The van der Waals surface area contributed by atoms with Crippen molar-refractivity contribution in [1.82, 2.24) is 10.2 Å². The Balaban J connectivity index is 1.66. The van der Waals surface area contributed by atoms with Gasteiger partial charge in [0.25, 0.3) is 0 Å². The van der Waals surface area contributed by atoms with E-state index in [9.17, 15) is 9.59 Å². The maximum Gasteiger partial charge on any atom is 0.227 e. The second-order valence-electron chi connectivity index (χ2n) is 8.48.